The SMILES string of the molecule is COc1cccc(NC(=O)Cn2c(=O)n(C[C@H]3CCCO3)c(=O)c3sc4ncccc4c32)c1. The number of rotatable bonds is 6. The van der Waals surface area contributed by atoms with Crippen molar-refractivity contribution in [1.29, 1.82) is 0 Å². The molecule has 170 valence electrons. The van der Waals surface area contributed by atoms with Gasteiger partial charge in [-0.3, -0.25) is 18.7 Å². The average molecular weight is 467 g/mol. The molecule has 1 aromatic carbocycles. The minimum absolute atomic E-state index is 0.160. The van der Waals surface area contributed by atoms with Crippen molar-refractivity contribution in [2.24, 2.45) is 0 Å². The van der Waals surface area contributed by atoms with Crippen LogP contribution < -0.4 is 21.3 Å². The van der Waals surface area contributed by atoms with Gasteiger partial charge in [-0.05, 0) is 37.1 Å². The van der Waals surface area contributed by atoms with Gasteiger partial charge in [0.2, 0.25) is 5.91 Å². The number of pyridine rings is 1. The van der Waals surface area contributed by atoms with E-state index in [9.17, 15) is 14.4 Å². The summed E-state index contributed by atoms with van der Waals surface area (Å²) in [4.78, 5) is 44.7. The Bertz CT molecular complexity index is 1470. The first-order valence-corrected chi connectivity index (χ1v) is 11.4. The molecule has 1 N–H and O–H groups in total. The van der Waals surface area contributed by atoms with Gasteiger partial charge in [0.15, 0.2) is 0 Å². The molecular weight excluding hydrogens is 444 g/mol. The molecule has 1 amide bonds. The molecule has 1 fully saturated rings. The van der Waals surface area contributed by atoms with Crippen LogP contribution in [-0.2, 0) is 22.6 Å². The normalized spacial score (nSPS) is 15.8. The quantitative estimate of drug-likeness (QED) is 0.468. The number of carbonyl (C=O) groups is 1. The van der Waals surface area contributed by atoms with Gasteiger partial charge in [-0.15, -0.1) is 11.3 Å². The molecule has 3 aromatic heterocycles. The summed E-state index contributed by atoms with van der Waals surface area (Å²) in [6, 6.07) is 10.5. The van der Waals surface area contributed by atoms with E-state index in [0.717, 1.165) is 12.8 Å². The summed E-state index contributed by atoms with van der Waals surface area (Å²) in [6.07, 6.45) is 3.12. The van der Waals surface area contributed by atoms with Crippen LogP contribution in [0, 0.1) is 0 Å². The number of hydrogen-bond donors (Lipinski definition) is 1. The number of fused-ring (bicyclic) bond motifs is 3. The highest BCUT2D eigenvalue weighted by atomic mass is 32.1. The van der Waals surface area contributed by atoms with Crippen LogP contribution in [0.1, 0.15) is 12.8 Å². The number of nitrogens with one attached hydrogen (secondary N) is 1. The molecule has 0 radical (unpaired) electrons. The lowest BCUT2D eigenvalue weighted by atomic mass is 10.2. The number of anilines is 1. The third-order valence-corrected chi connectivity index (χ3v) is 6.77. The van der Waals surface area contributed by atoms with Gasteiger partial charge in [0.1, 0.15) is 21.8 Å². The largest absolute Gasteiger partial charge is 0.497 e. The molecule has 0 saturated carbocycles. The van der Waals surface area contributed by atoms with Crippen molar-refractivity contribution in [3.63, 3.8) is 0 Å². The van der Waals surface area contributed by atoms with E-state index in [4.69, 9.17) is 9.47 Å². The van der Waals surface area contributed by atoms with Gasteiger partial charge in [-0.25, -0.2) is 9.78 Å². The summed E-state index contributed by atoms with van der Waals surface area (Å²) in [5.74, 6) is 0.213. The lowest BCUT2D eigenvalue weighted by Gasteiger charge is -2.15. The fraction of sp³-hybridized carbons (Fsp3) is 0.304. The van der Waals surface area contributed by atoms with Crippen LogP contribution in [0.25, 0.3) is 20.4 Å². The van der Waals surface area contributed by atoms with Crippen molar-refractivity contribution in [1.82, 2.24) is 14.1 Å². The molecule has 33 heavy (non-hydrogen) atoms. The molecule has 1 atom stereocenters. The van der Waals surface area contributed by atoms with Crippen molar-refractivity contribution >= 4 is 43.4 Å². The van der Waals surface area contributed by atoms with Crippen molar-refractivity contribution in [2.45, 2.75) is 32.0 Å². The predicted octanol–water partition coefficient (Wildman–Crippen LogP) is 2.60. The van der Waals surface area contributed by atoms with Gasteiger partial charge < -0.3 is 14.8 Å². The second-order valence-corrected chi connectivity index (χ2v) is 8.83. The highest BCUT2D eigenvalue weighted by molar-refractivity contribution is 7.25. The van der Waals surface area contributed by atoms with Crippen LogP contribution in [0.2, 0.25) is 0 Å². The molecule has 1 aliphatic heterocycles. The molecule has 0 spiro atoms. The zero-order chi connectivity index (χ0) is 22.9. The van der Waals surface area contributed by atoms with Crippen LogP contribution in [0.4, 0.5) is 5.69 Å². The molecule has 10 heteroatoms. The van der Waals surface area contributed by atoms with Crippen LogP contribution in [0.15, 0.2) is 52.2 Å². The second kappa shape index (κ2) is 8.80. The summed E-state index contributed by atoms with van der Waals surface area (Å²) in [7, 11) is 1.55. The number of benzene rings is 1. The number of hydrogen-bond acceptors (Lipinski definition) is 7. The van der Waals surface area contributed by atoms with Crippen LogP contribution in [0.3, 0.4) is 0 Å². The fourth-order valence-corrected chi connectivity index (χ4v) is 5.22. The summed E-state index contributed by atoms with van der Waals surface area (Å²) in [5, 5.41) is 3.47. The number of amides is 1. The third-order valence-electron chi connectivity index (χ3n) is 5.68. The first-order valence-electron chi connectivity index (χ1n) is 10.6. The molecule has 1 aliphatic rings. The minimum Gasteiger partial charge on any atom is -0.497 e. The Kier molecular flexibility index (Phi) is 5.69. The molecule has 4 aromatic rings. The Labute approximate surface area is 192 Å². The maximum atomic E-state index is 13.5. The van der Waals surface area contributed by atoms with Gasteiger partial charge in [-0.2, -0.15) is 0 Å². The van der Waals surface area contributed by atoms with Crippen molar-refractivity contribution in [3.05, 3.63) is 63.4 Å². The summed E-state index contributed by atoms with van der Waals surface area (Å²) >= 11 is 1.23. The van der Waals surface area contributed by atoms with E-state index in [-0.39, 0.29) is 24.8 Å². The molecule has 9 nitrogen and oxygen atoms in total. The van der Waals surface area contributed by atoms with E-state index in [1.807, 2.05) is 0 Å². The smallest absolute Gasteiger partial charge is 0.332 e. The van der Waals surface area contributed by atoms with E-state index in [1.54, 1.807) is 49.7 Å². The fourth-order valence-electron chi connectivity index (χ4n) is 4.13. The van der Waals surface area contributed by atoms with Gasteiger partial charge in [0, 0.05) is 29.9 Å². The number of ether oxygens (including phenoxy) is 2. The van der Waals surface area contributed by atoms with E-state index < -0.39 is 11.6 Å². The molecule has 0 unspecified atom stereocenters. The van der Waals surface area contributed by atoms with Crippen LogP contribution >= 0.6 is 11.3 Å². The van der Waals surface area contributed by atoms with E-state index in [0.29, 0.717) is 38.5 Å². The standard InChI is InChI=1S/C23H22N4O5S/c1-31-15-6-2-5-14(11-15)25-18(28)13-26-19-17-8-3-9-24-21(17)33-20(19)22(29)27(23(26)30)12-16-7-4-10-32-16/h2-3,5-6,8-9,11,16H,4,7,10,12-13H2,1H3,(H,25,28)/t16-/m1/s1. The Balaban J connectivity index is 1.60. The van der Waals surface area contributed by atoms with E-state index in [1.165, 1.54) is 20.5 Å². The van der Waals surface area contributed by atoms with E-state index in [2.05, 4.69) is 10.3 Å². The number of carbonyl (C=O) groups excluding carboxylic acids is 1. The highest BCUT2D eigenvalue weighted by Crippen LogP contribution is 2.29. The van der Waals surface area contributed by atoms with Crippen LogP contribution in [-0.4, -0.2) is 39.8 Å². The summed E-state index contributed by atoms with van der Waals surface area (Å²) in [5.41, 5.74) is 0.0703. The molecule has 1 saturated heterocycles. The number of methoxy groups -OCH3 is 1. The minimum atomic E-state index is -0.535. The summed E-state index contributed by atoms with van der Waals surface area (Å²) in [6.45, 7) is 0.525. The first kappa shape index (κ1) is 21.4. The topological polar surface area (TPSA) is 104 Å². The second-order valence-electron chi connectivity index (χ2n) is 7.84. The van der Waals surface area contributed by atoms with Gasteiger partial charge in [0.05, 0.1) is 25.3 Å². The highest BCUT2D eigenvalue weighted by Gasteiger charge is 2.24. The Hall–Kier alpha value is -3.50. The lowest BCUT2D eigenvalue weighted by molar-refractivity contribution is -0.116. The number of thiophene rings is 1. The average Bonchev–Trinajstić information content (AvgIpc) is 3.47. The van der Waals surface area contributed by atoms with Gasteiger partial charge in [-0.1, -0.05) is 6.07 Å². The van der Waals surface area contributed by atoms with Crippen molar-refractivity contribution in [2.75, 3.05) is 19.0 Å². The summed E-state index contributed by atoms with van der Waals surface area (Å²) < 4.78 is 13.8. The maximum absolute atomic E-state index is 13.5. The van der Waals surface area contributed by atoms with Gasteiger partial charge >= 0.3 is 5.69 Å². The zero-order valence-electron chi connectivity index (χ0n) is 17.9. The predicted molar refractivity (Wildman–Crippen MR) is 126 cm³/mol. The zero-order valence-corrected chi connectivity index (χ0v) is 18.8. The Morgan fingerprint density at radius 2 is 2.15 bits per heavy atom. The Morgan fingerprint density at radius 1 is 1.27 bits per heavy atom. The molecular formula is C23H22N4O5S. The molecule has 0 aliphatic carbocycles. The van der Waals surface area contributed by atoms with Gasteiger partial charge in [0.25, 0.3) is 5.56 Å². The molecule has 0 bridgehead atoms. The molecule has 5 rings (SSSR count). The first-order chi connectivity index (χ1) is 16.0. The third kappa shape index (κ3) is 4.03. The lowest BCUT2D eigenvalue weighted by Crippen LogP contribution is -2.43. The molecule has 4 heterocycles. The van der Waals surface area contributed by atoms with Crippen molar-refractivity contribution < 1.29 is 14.3 Å². The monoisotopic (exact) mass is 466 g/mol. The van der Waals surface area contributed by atoms with Crippen molar-refractivity contribution in [3.8, 4) is 5.75 Å². The van der Waals surface area contributed by atoms with E-state index >= 15 is 0 Å². The number of aromatic nitrogens is 3. The maximum Gasteiger partial charge on any atom is 0.332 e. The Morgan fingerprint density at radius 3 is 2.94 bits per heavy atom. The van der Waals surface area contributed by atoms with Crippen LogP contribution in [0.5, 0.6) is 5.75 Å². The number of nitrogens with zero attached hydrogens (tertiary/aromatic N) is 3.